The molecule has 1 fully saturated rings. The summed E-state index contributed by atoms with van der Waals surface area (Å²) in [4.78, 5) is 4.07. The Hall–Kier alpha value is -0.170. The van der Waals surface area contributed by atoms with Crippen molar-refractivity contribution in [2.45, 2.75) is 0 Å². The molecule has 0 aliphatic carbocycles. The second kappa shape index (κ2) is 1.98. The van der Waals surface area contributed by atoms with Crippen molar-refractivity contribution in [2.24, 2.45) is 0 Å². The van der Waals surface area contributed by atoms with Crippen LogP contribution in [0.1, 0.15) is 0 Å². The minimum absolute atomic E-state index is 0.0301. The molecule has 1 heterocycles. The van der Waals surface area contributed by atoms with E-state index in [0.29, 0.717) is 0 Å². The summed E-state index contributed by atoms with van der Waals surface area (Å²) in [7, 11) is -3.80. The first-order chi connectivity index (χ1) is 3.71. The van der Waals surface area contributed by atoms with Gasteiger partial charge in [0.25, 0.3) is 0 Å². The molecule has 0 atom stereocenters. The van der Waals surface area contributed by atoms with Crippen LogP contribution in [0.4, 0.5) is 0 Å². The molecule has 1 rings (SSSR count). The van der Waals surface area contributed by atoms with Crippen molar-refractivity contribution in [3.05, 3.63) is 0 Å². The molecule has 0 amide bonds. The van der Waals surface area contributed by atoms with E-state index < -0.39 is 10.4 Å². The Morgan fingerprint density at radius 2 is 2.00 bits per heavy atom. The Bertz CT molecular complexity index is 145. The van der Waals surface area contributed by atoms with E-state index in [9.17, 15) is 8.42 Å². The standard InChI is InChI=1S/C2H4O5S/c3-8(4)6-2-1-5-7-8/h1-2H2. The van der Waals surface area contributed by atoms with Gasteiger partial charge in [0, 0.05) is 0 Å². The Labute approximate surface area is 46.4 Å². The molecule has 0 unspecified atom stereocenters. The van der Waals surface area contributed by atoms with Crippen LogP contribution in [0.5, 0.6) is 0 Å². The number of rotatable bonds is 0. The van der Waals surface area contributed by atoms with Gasteiger partial charge in [-0.25, -0.2) is 9.07 Å². The Kier molecular flexibility index (Phi) is 1.47. The van der Waals surface area contributed by atoms with Gasteiger partial charge < -0.3 is 0 Å². The fourth-order valence-corrected chi connectivity index (χ4v) is 0.780. The molecule has 1 aliphatic heterocycles. The van der Waals surface area contributed by atoms with Crippen LogP contribution in [0.25, 0.3) is 0 Å². The molecule has 0 saturated carbocycles. The molecule has 0 N–H and O–H groups in total. The van der Waals surface area contributed by atoms with E-state index >= 15 is 0 Å². The van der Waals surface area contributed by atoms with Gasteiger partial charge >= 0.3 is 10.4 Å². The molecular weight excluding hydrogens is 136 g/mol. The van der Waals surface area contributed by atoms with E-state index in [1.165, 1.54) is 0 Å². The second-order valence-electron chi connectivity index (χ2n) is 1.12. The lowest BCUT2D eigenvalue weighted by atomic mass is 10.8. The number of hydrogen-bond acceptors (Lipinski definition) is 5. The van der Waals surface area contributed by atoms with Gasteiger partial charge in [0.2, 0.25) is 0 Å². The Balaban J connectivity index is 2.58. The topological polar surface area (TPSA) is 61.8 Å². The molecule has 6 heteroatoms. The largest absolute Gasteiger partial charge is 0.426 e. The summed E-state index contributed by atoms with van der Waals surface area (Å²) in [6.45, 7) is 0.182. The average molecular weight is 140 g/mol. The fourth-order valence-electron chi connectivity index (χ4n) is 0.283. The molecule has 0 bridgehead atoms. The van der Waals surface area contributed by atoms with Crippen LogP contribution in [0, 0.1) is 0 Å². The maximum Gasteiger partial charge on any atom is 0.426 e. The molecule has 5 nitrogen and oxygen atoms in total. The van der Waals surface area contributed by atoms with Gasteiger partial charge in [0.05, 0.1) is 6.61 Å². The van der Waals surface area contributed by atoms with Crippen LogP contribution in [0.15, 0.2) is 0 Å². The van der Waals surface area contributed by atoms with Gasteiger partial charge in [0.15, 0.2) is 0 Å². The van der Waals surface area contributed by atoms with E-state index in [4.69, 9.17) is 0 Å². The quantitative estimate of drug-likeness (QED) is 0.412. The minimum atomic E-state index is -3.80. The van der Waals surface area contributed by atoms with Crippen molar-refractivity contribution in [3.8, 4) is 0 Å². The zero-order chi connectivity index (χ0) is 6.04. The lowest BCUT2D eigenvalue weighted by Gasteiger charge is -2.08. The molecule has 48 valence electrons. The van der Waals surface area contributed by atoms with Gasteiger partial charge in [0.1, 0.15) is 6.61 Å². The van der Waals surface area contributed by atoms with Crippen LogP contribution in [0.2, 0.25) is 0 Å². The predicted molar refractivity (Wildman–Crippen MR) is 21.9 cm³/mol. The Morgan fingerprint density at radius 3 is 2.25 bits per heavy atom. The molecule has 0 aromatic rings. The van der Waals surface area contributed by atoms with E-state index in [0.717, 1.165) is 0 Å². The van der Waals surface area contributed by atoms with Crippen molar-refractivity contribution in [1.82, 2.24) is 0 Å². The summed E-state index contributed by atoms with van der Waals surface area (Å²) >= 11 is 0. The van der Waals surface area contributed by atoms with Gasteiger partial charge in [-0.2, -0.15) is 8.42 Å². The zero-order valence-corrected chi connectivity index (χ0v) is 4.68. The van der Waals surface area contributed by atoms with Crippen LogP contribution in [0.3, 0.4) is 0 Å². The molecule has 1 saturated heterocycles. The fraction of sp³-hybridized carbons (Fsp3) is 1.00. The SMILES string of the molecule is O=S1(=O)OCCOO1. The van der Waals surface area contributed by atoms with Crippen LogP contribution < -0.4 is 0 Å². The highest BCUT2D eigenvalue weighted by Crippen LogP contribution is 2.01. The van der Waals surface area contributed by atoms with Gasteiger partial charge in [-0.15, -0.1) is 0 Å². The van der Waals surface area contributed by atoms with E-state index in [2.05, 4.69) is 13.4 Å². The summed E-state index contributed by atoms with van der Waals surface area (Å²) in [6.07, 6.45) is 0. The zero-order valence-electron chi connectivity index (χ0n) is 3.86. The molecule has 0 aromatic carbocycles. The van der Waals surface area contributed by atoms with Gasteiger partial charge in [-0.05, 0) is 0 Å². The van der Waals surface area contributed by atoms with Gasteiger partial charge in [-0.1, -0.05) is 4.33 Å². The van der Waals surface area contributed by atoms with Crippen molar-refractivity contribution in [2.75, 3.05) is 13.2 Å². The minimum Gasteiger partial charge on any atom is -0.244 e. The molecule has 0 radical (unpaired) electrons. The van der Waals surface area contributed by atoms with Crippen molar-refractivity contribution < 1.29 is 21.8 Å². The summed E-state index contributed by atoms with van der Waals surface area (Å²) < 4.78 is 28.0. The van der Waals surface area contributed by atoms with E-state index in [-0.39, 0.29) is 13.2 Å². The predicted octanol–water partition coefficient (Wildman–Crippen LogP) is -0.790. The third-order valence-corrected chi connectivity index (χ3v) is 1.24. The molecule has 8 heavy (non-hydrogen) atoms. The third-order valence-electron chi connectivity index (χ3n) is 0.526. The Morgan fingerprint density at radius 1 is 1.25 bits per heavy atom. The second-order valence-corrected chi connectivity index (χ2v) is 2.31. The van der Waals surface area contributed by atoms with Crippen molar-refractivity contribution in [1.29, 1.82) is 0 Å². The molecule has 0 spiro atoms. The first-order valence-electron chi connectivity index (χ1n) is 1.91. The summed E-state index contributed by atoms with van der Waals surface area (Å²) in [6, 6.07) is 0. The van der Waals surface area contributed by atoms with Crippen LogP contribution in [-0.4, -0.2) is 21.6 Å². The van der Waals surface area contributed by atoms with Crippen molar-refractivity contribution in [3.63, 3.8) is 0 Å². The average Bonchev–Trinajstić information content (AvgIpc) is 1.65. The smallest absolute Gasteiger partial charge is 0.244 e. The molecule has 1 aliphatic rings. The van der Waals surface area contributed by atoms with E-state index in [1.807, 2.05) is 0 Å². The van der Waals surface area contributed by atoms with Crippen LogP contribution in [-0.2, 0) is 23.8 Å². The molecular formula is C2H4O5S. The maximum absolute atomic E-state index is 10.1. The molecule has 0 aromatic heterocycles. The highest BCUT2D eigenvalue weighted by Gasteiger charge is 2.17. The monoisotopic (exact) mass is 140 g/mol. The van der Waals surface area contributed by atoms with E-state index in [1.54, 1.807) is 0 Å². The summed E-state index contributed by atoms with van der Waals surface area (Å²) in [5.74, 6) is 0. The number of hydrogen-bond donors (Lipinski definition) is 0. The van der Waals surface area contributed by atoms with Crippen LogP contribution >= 0.6 is 0 Å². The third kappa shape index (κ3) is 1.41. The van der Waals surface area contributed by atoms with Crippen molar-refractivity contribution >= 4 is 10.4 Å². The lowest BCUT2D eigenvalue weighted by molar-refractivity contribution is -0.233. The first-order valence-corrected chi connectivity index (χ1v) is 3.24. The maximum atomic E-state index is 10.1. The van der Waals surface area contributed by atoms with Gasteiger partial charge in [-0.3, -0.25) is 0 Å². The normalized spacial score (nSPS) is 27.5. The summed E-state index contributed by atoms with van der Waals surface area (Å²) in [5.41, 5.74) is 0. The summed E-state index contributed by atoms with van der Waals surface area (Å²) in [5, 5.41) is 0. The lowest BCUT2D eigenvalue weighted by Crippen LogP contribution is -2.20. The highest BCUT2D eigenvalue weighted by molar-refractivity contribution is 7.81. The highest BCUT2D eigenvalue weighted by atomic mass is 32.3. The first kappa shape index (κ1) is 5.96.